The molecule has 11 aromatic carbocycles. The number of fused-ring (bicyclic) bond motifs is 3. The van der Waals surface area contributed by atoms with Crippen LogP contribution in [0.2, 0.25) is 0 Å². The van der Waals surface area contributed by atoms with E-state index in [0.717, 1.165) is 17.1 Å². The van der Waals surface area contributed by atoms with Crippen molar-refractivity contribution in [3.63, 3.8) is 0 Å². The van der Waals surface area contributed by atoms with E-state index in [-0.39, 0.29) is 0 Å². The normalized spacial score (nSPS) is 11.9. The minimum atomic E-state index is 1.12. The maximum absolute atomic E-state index is 2.45. The molecule has 236 valence electrons. The lowest BCUT2D eigenvalue weighted by Gasteiger charge is -2.28. The Bertz CT molecular complexity index is 3110. The van der Waals surface area contributed by atoms with E-state index in [1.807, 2.05) is 0 Å². The third-order valence-corrected chi connectivity index (χ3v) is 10.9. The van der Waals surface area contributed by atoms with E-state index in [1.54, 1.807) is 0 Å². The zero-order chi connectivity index (χ0) is 33.5. The van der Waals surface area contributed by atoms with E-state index in [1.165, 1.54) is 86.5 Å². The first-order valence-corrected chi connectivity index (χ1v) is 17.7. The summed E-state index contributed by atoms with van der Waals surface area (Å²) >= 11 is 0. The highest BCUT2D eigenvalue weighted by Gasteiger charge is 2.20. The van der Waals surface area contributed by atoms with Crippen molar-refractivity contribution < 1.29 is 0 Å². The monoisotopic (exact) mass is 645 g/mol. The molecule has 51 heavy (non-hydrogen) atoms. The molecule has 11 rings (SSSR count). The van der Waals surface area contributed by atoms with Gasteiger partial charge in [0, 0.05) is 16.8 Å². The first-order valence-electron chi connectivity index (χ1n) is 17.7. The van der Waals surface area contributed by atoms with Crippen LogP contribution in [0.25, 0.3) is 86.5 Å². The van der Waals surface area contributed by atoms with Crippen molar-refractivity contribution in [1.82, 2.24) is 0 Å². The van der Waals surface area contributed by atoms with Gasteiger partial charge in [-0.2, -0.15) is 0 Å². The Morgan fingerprint density at radius 1 is 0.255 bits per heavy atom. The van der Waals surface area contributed by atoms with Gasteiger partial charge in [0.1, 0.15) is 0 Å². The Balaban J connectivity index is 1.29. The van der Waals surface area contributed by atoms with E-state index >= 15 is 0 Å². The minimum absolute atomic E-state index is 1.12. The summed E-state index contributed by atoms with van der Waals surface area (Å²) in [6, 6.07) is 69.5. The van der Waals surface area contributed by atoms with Crippen molar-refractivity contribution in [1.29, 1.82) is 0 Å². The fourth-order valence-electron chi connectivity index (χ4n) is 8.66. The van der Waals surface area contributed by atoms with Gasteiger partial charge in [0.05, 0.1) is 5.69 Å². The van der Waals surface area contributed by atoms with Gasteiger partial charge in [-0.25, -0.2) is 0 Å². The van der Waals surface area contributed by atoms with Crippen LogP contribution in [0, 0.1) is 0 Å². The number of hydrogen-bond donors (Lipinski definition) is 0. The van der Waals surface area contributed by atoms with Crippen LogP contribution < -0.4 is 4.90 Å². The molecule has 0 fully saturated rings. The average molecular weight is 646 g/mol. The molecular weight excluding hydrogens is 615 g/mol. The van der Waals surface area contributed by atoms with E-state index in [0.29, 0.717) is 0 Å². The van der Waals surface area contributed by atoms with Crippen LogP contribution in [-0.2, 0) is 0 Å². The van der Waals surface area contributed by atoms with Crippen molar-refractivity contribution in [3.05, 3.63) is 188 Å². The Labute approximate surface area is 295 Å². The number of benzene rings is 10. The number of hydrogen-bond acceptors (Lipinski definition) is 1. The lowest BCUT2D eigenvalue weighted by molar-refractivity contribution is 1.31. The van der Waals surface area contributed by atoms with Gasteiger partial charge in [-0.3, -0.25) is 0 Å². The molecule has 0 unspecified atom stereocenters. The molecule has 0 heterocycles. The third kappa shape index (κ3) is 4.22. The smallest absolute Gasteiger partial charge is 0.0540 e. The molecule has 0 saturated carbocycles. The molecule has 0 aromatic heterocycles. The summed E-state index contributed by atoms with van der Waals surface area (Å²) in [4.78, 5) is 2.45. The molecule has 0 aliphatic rings. The minimum Gasteiger partial charge on any atom is -0.310 e. The van der Waals surface area contributed by atoms with Crippen molar-refractivity contribution in [2.75, 3.05) is 4.90 Å². The molecule has 0 bridgehead atoms. The molecule has 0 radical (unpaired) electrons. The summed E-state index contributed by atoms with van der Waals surface area (Å²) in [5.41, 5.74) is 5.83. The second kappa shape index (κ2) is 10.9. The van der Waals surface area contributed by atoms with Gasteiger partial charge in [-0.15, -0.1) is 0 Å². The van der Waals surface area contributed by atoms with E-state index in [2.05, 4.69) is 193 Å². The maximum atomic E-state index is 2.45. The van der Waals surface area contributed by atoms with Crippen molar-refractivity contribution in [2.45, 2.75) is 0 Å². The van der Waals surface area contributed by atoms with Crippen LogP contribution in [0.15, 0.2) is 188 Å². The van der Waals surface area contributed by atoms with Crippen LogP contribution in [0.1, 0.15) is 0 Å². The lowest BCUT2D eigenvalue weighted by atomic mass is 9.87. The summed E-state index contributed by atoms with van der Waals surface area (Å²) < 4.78 is 0. The standard InChI is InChI=1S/C50H31N/c1-2-10-32(11-3-1)33-26-28-39(29-27-33)51(46-21-9-13-34-12-4-5-17-41(34)46)40-30-38-25-24-37-15-7-19-43-42-18-6-14-35-22-23-36-16-8-20-44(49(36)47(35)42)45(31-40)50(38)48(37)43/h1-31H. The van der Waals surface area contributed by atoms with Crippen LogP contribution >= 0.6 is 0 Å². The van der Waals surface area contributed by atoms with Gasteiger partial charge in [-0.05, 0) is 111 Å². The average Bonchev–Trinajstić information content (AvgIpc) is 3.20. The second-order valence-corrected chi connectivity index (χ2v) is 13.7. The molecular formula is C50H31N. The van der Waals surface area contributed by atoms with Crippen LogP contribution in [0.3, 0.4) is 0 Å². The number of anilines is 3. The van der Waals surface area contributed by atoms with Crippen LogP contribution in [-0.4, -0.2) is 0 Å². The highest BCUT2D eigenvalue weighted by molar-refractivity contribution is 6.37. The highest BCUT2D eigenvalue weighted by atomic mass is 15.1. The molecule has 1 heteroatoms. The zero-order valence-electron chi connectivity index (χ0n) is 27.8. The summed E-state index contributed by atoms with van der Waals surface area (Å²) in [6.45, 7) is 0. The summed E-state index contributed by atoms with van der Waals surface area (Å²) in [6.07, 6.45) is 0. The van der Waals surface area contributed by atoms with Crippen LogP contribution in [0.4, 0.5) is 17.1 Å². The van der Waals surface area contributed by atoms with Crippen molar-refractivity contribution >= 4 is 92.5 Å². The molecule has 0 amide bonds. The van der Waals surface area contributed by atoms with E-state index in [4.69, 9.17) is 0 Å². The van der Waals surface area contributed by atoms with Gasteiger partial charge in [0.25, 0.3) is 0 Å². The topological polar surface area (TPSA) is 3.24 Å². The first-order chi connectivity index (χ1) is 25.3. The largest absolute Gasteiger partial charge is 0.310 e. The third-order valence-electron chi connectivity index (χ3n) is 10.9. The predicted molar refractivity (Wildman–Crippen MR) is 220 cm³/mol. The zero-order valence-corrected chi connectivity index (χ0v) is 27.8. The van der Waals surface area contributed by atoms with Crippen LogP contribution in [0.5, 0.6) is 0 Å². The summed E-state index contributed by atoms with van der Waals surface area (Å²) in [5.74, 6) is 0. The number of rotatable bonds is 4. The van der Waals surface area contributed by atoms with Gasteiger partial charge >= 0.3 is 0 Å². The Hall–Kier alpha value is -6.70. The molecule has 0 atom stereocenters. The Kier molecular flexibility index (Phi) is 6.02. The first kappa shape index (κ1) is 28.2. The van der Waals surface area contributed by atoms with Crippen molar-refractivity contribution in [3.8, 4) is 11.1 Å². The fraction of sp³-hybridized carbons (Fsp3) is 0. The quantitative estimate of drug-likeness (QED) is 0.172. The van der Waals surface area contributed by atoms with Gasteiger partial charge in [0.15, 0.2) is 0 Å². The molecule has 1 nitrogen and oxygen atoms in total. The SMILES string of the molecule is c1ccc(-c2ccc(N(c3cc4ccc5cccc6c7cccc8ccc9cccc(c(c3)c4c56)c9c87)c3cccc4ccccc34)cc2)cc1. The second-order valence-electron chi connectivity index (χ2n) is 13.7. The van der Waals surface area contributed by atoms with Gasteiger partial charge < -0.3 is 4.90 Å². The summed E-state index contributed by atoms with van der Waals surface area (Å²) in [5, 5.41) is 17.9. The molecule has 0 N–H and O–H groups in total. The van der Waals surface area contributed by atoms with E-state index < -0.39 is 0 Å². The molecule has 0 spiro atoms. The van der Waals surface area contributed by atoms with Crippen molar-refractivity contribution in [2.24, 2.45) is 0 Å². The molecule has 0 aliphatic heterocycles. The lowest BCUT2D eigenvalue weighted by Crippen LogP contribution is -2.10. The fourth-order valence-corrected chi connectivity index (χ4v) is 8.66. The molecule has 11 aromatic rings. The molecule has 0 saturated heterocycles. The highest BCUT2D eigenvalue weighted by Crippen LogP contribution is 2.47. The predicted octanol–water partition coefficient (Wildman–Crippen LogP) is 14.3. The van der Waals surface area contributed by atoms with Gasteiger partial charge in [-0.1, -0.05) is 158 Å². The van der Waals surface area contributed by atoms with E-state index in [9.17, 15) is 0 Å². The molecule has 0 aliphatic carbocycles. The maximum Gasteiger partial charge on any atom is 0.0540 e. The summed E-state index contributed by atoms with van der Waals surface area (Å²) in [7, 11) is 0. The Morgan fingerprint density at radius 3 is 1.39 bits per heavy atom. The van der Waals surface area contributed by atoms with Gasteiger partial charge in [0.2, 0.25) is 0 Å². The Morgan fingerprint density at radius 2 is 0.725 bits per heavy atom. The number of nitrogens with zero attached hydrogens (tertiary/aromatic N) is 1.